The molecule has 0 spiro atoms. The minimum absolute atomic E-state index is 0.485. The number of anilines is 1. The Morgan fingerprint density at radius 3 is 2.60 bits per heavy atom. The van der Waals surface area contributed by atoms with E-state index in [1.165, 1.54) is 0 Å². The molecule has 3 nitrogen and oxygen atoms in total. The predicted molar refractivity (Wildman–Crippen MR) is 85.3 cm³/mol. The van der Waals surface area contributed by atoms with Crippen molar-refractivity contribution in [3.63, 3.8) is 0 Å². The quantitative estimate of drug-likeness (QED) is 0.884. The van der Waals surface area contributed by atoms with Crippen molar-refractivity contribution in [3.8, 4) is 0 Å². The summed E-state index contributed by atoms with van der Waals surface area (Å²) in [4.78, 5) is 6.79. The smallest absolute Gasteiger partial charge is 0.185 e. The molecule has 0 saturated heterocycles. The highest BCUT2D eigenvalue weighted by atomic mass is 32.1. The molecule has 1 N–H and O–H groups in total. The van der Waals surface area contributed by atoms with Gasteiger partial charge in [0.05, 0.1) is 11.8 Å². The van der Waals surface area contributed by atoms with Crippen LogP contribution >= 0.6 is 11.3 Å². The lowest BCUT2D eigenvalue weighted by Gasteiger charge is -2.17. The van der Waals surface area contributed by atoms with Crippen LogP contribution in [-0.4, -0.2) is 23.7 Å². The molecule has 1 heterocycles. The SMILES string of the molecule is CC(C)CN(C)c1nc(CC(O)c2ccccc2)cs1. The zero-order valence-electron chi connectivity index (χ0n) is 12.3. The fourth-order valence-corrected chi connectivity index (χ4v) is 3.00. The highest BCUT2D eigenvalue weighted by Crippen LogP contribution is 2.24. The van der Waals surface area contributed by atoms with E-state index in [1.54, 1.807) is 11.3 Å². The zero-order chi connectivity index (χ0) is 14.5. The maximum absolute atomic E-state index is 10.2. The van der Waals surface area contributed by atoms with Crippen molar-refractivity contribution in [1.29, 1.82) is 0 Å². The Hall–Kier alpha value is -1.39. The Morgan fingerprint density at radius 1 is 1.25 bits per heavy atom. The van der Waals surface area contributed by atoms with Crippen LogP contribution in [0.5, 0.6) is 0 Å². The molecule has 1 aromatic carbocycles. The van der Waals surface area contributed by atoms with Gasteiger partial charge in [-0.15, -0.1) is 11.3 Å². The van der Waals surface area contributed by atoms with E-state index in [0.29, 0.717) is 12.3 Å². The Morgan fingerprint density at radius 2 is 1.95 bits per heavy atom. The van der Waals surface area contributed by atoms with Gasteiger partial charge in [-0.1, -0.05) is 44.2 Å². The fourth-order valence-electron chi connectivity index (χ4n) is 2.18. The summed E-state index contributed by atoms with van der Waals surface area (Å²) in [6, 6.07) is 9.74. The first-order valence-electron chi connectivity index (χ1n) is 6.95. The van der Waals surface area contributed by atoms with Crippen molar-refractivity contribution in [2.24, 2.45) is 5.92 Å². The summed E-state index contributed by atoms with van der Waals surface area (Å²) in [6.07, 6.45) is 0.0808. The highest BCUT2D eigenvalue weighted by molar-refractivity contribution is 7.13. The normalized spacial score (nSPS) is 12.7. The molecule has 0 radical (unpaired) electrons. The van der Waals surface area contributed by atoms with E-state index in [-0.39, 0.29) is 0 Å². The number of rotatable bonds is 6. The third-order valence-corrected chi connectivity index (χ3v) is 4.10. The van der Waals surface area contributed by atoms with Crippen molar-refractivity contribution >= 4 is 16.5 Å². The molecule has 0 aliphatic heterocycles. The van der Waals surface area contributed by atoms with Gasteiger partial charge in [-0.3, -0.25) is 0 Å². The van der Waals surface area contributed by atoms with Gasteiger partial charge >= 0.3 is 0 Å². The standard InChI is InChI=1S/C16H22N2OS/c1-12(2)10-18(3)16-17-14(11-20-16)9-15(19)13-7-5-4-6-8-13/h4-8,11-12,15,19H,9-10H2,1-3H3. The number of aliphatic hydroxyl groups excluding tert-OH is 1. The number of thiazole rings is 1. The molecule has 0 bridgehead atoms. The van der Waals surface area contributed by atoms with Gasteiger partial charge in [-0.25, -0.2) is 4.98 Å². The second-order valence-electron chi connectivity index (χ2n) is 5.53. The van der Waals surface area contributed by atoms with Gasteiger partial charge in [0.25, 0.3) is 0 Å². The van der Waals surface area contributed by atoms with Crippen LogP contribution in [0.2, 0.25) is 0 Å². The van der Waals surface area contributed by atoms with Crippen LogP contribution in [0.25, 0.3) is 0 Å². The maximum Gasteiger partial charge on any atom is 0.185 e. The van der Waals surface area contributed by atoms with Gasteiger partial charge < -0.3 is 10.0 Å². The third-order valence-electron chi connectivity index (χ3n) is 3.09. The van der Waals surface area contributed by atoms with Crippen molar-refractivity contribution in [2.45, 2.75) is 26.4 Å². The number of nitrogens with zero attached hydrogens (tertiary/aromatic N) is 2. The molecule has 20 heavy (non-hydrogen) atoms. The summed E-state index contributed by atoms with van der Waals surface area (Å²) in [7, 11) is 2.07. The molecule has 0 aliphatic rings. The molecule has 108 valence electrons. The molecular formula is C16H22N2OS. The molecule has 0 aliphatic carbocycles. The van der Waals surface area contributed by atoms with Gasteiger partial charge in [-0.2, -0.15) is 0 Å². The van der Waals surface area contributed by atoms with E-state index >= 15 is 0 Å². The number of benzene rings is 1. The fraction of sp³-hybridized carbons (Fsp3) is 0.438. The Labute approximate surface area is 124 Å². The maximum atomic E-state index is 10.2. The van der Waals surface area contributed by atoms with Crippen molar-refractivity contribution in [3.05, 3.63) is 47.0 Å². The van der Waals surface area contributed by atoms with Crippen LogP contribution in [0.4, 0.5) is 5.13 Å². The average Bonchev–Trinajstić information content (AvgIpc) is 2.87. The second kappa shape index (κ2) is 6.86. The van der Waals surface area contributed by atoms with Crippen LogP contribution in [0.1, 0.15) is 31.2 Å². The molecule has 2 rings (SSSR count). The van der Waals surface area contributed by atoms with Crippen LogP contribution in [-0.2, 0) is 6.42 Å². The summed E-state index contributed by atoms with van der Waals surface area (Å²) in [5.41, 5.74) is 1.90. The number of hydrogen-bond acceptors (Lipinski definition) is 4. The highest BCUT2D eigenvalue weighted by Gasteiger charge is 2.13. The minimum atomic E-state index is -0.485. The monoisotopic (exact) mass is 290 g/mol. The minimum Gasteiger partial charge on any atom is -0.388 e. The Bertz CT molecular complexity index is 524. The summed E-state index contributed by atoms with van der Waals surface area (Å²) in [6.45, 7) is 5.39. The molecule has 4 heteroatoms. The predicted octanol–water partition coefficient (Wildman–Crippen LogP) is 3.51. The van der Waals surface area contributed by atoms with Crippen LogP contribution in [0, 0.1) is 5.92 Å². The topological polar surface area (TPSA) is 36.4 Å². The molecule has 1 aromatic heterocycles. The summed E-state index contributed by atoms with van der Waals surface area (Å²) in [5.74, 6) is 0.613. The lowest BCUT2D eigenvalue weighted by Crippen LogP contribution is -2.22. The molecule has 1 unspecified atom stereocenters. The largest absolute Gasteiger partial charge is 0.388 e. The molecule has 0 fully saturated rings. The second-order valence-corrected chi connectivity index (χ2v) is 6.36. The number of hydrogen-bond donors (Lipinski definition) is 1. The summed E-state index contributed by atoms with van der Waals surface area (Å²) < 4.78 is 0. The van der Waals surface area contributed by atoms with E-state index in [2.05, 4.69) is 30.8 Å². The number of aliphatic hydroxyl groups is 1. The van der Waals surface area contributed by atoms with Crippen molar-refractivity contribution < 1.29 is 5.11 Å². The summed E-state index contributed by atoms with van der Waals surface area (Å²) >= 11 is 1.64. The Balaban J connectivity index is 1.99. The summed E-state index contributed by atoms with van der Waals surface area (Å²) in [5, 5.41) is 13.3. The van der Waals surface area contributed by atoms with Gasteiger partial charge in [0.2, 0.25) is 0 Å². The Kier molecular flexibility index (Phi) is 5.15. The molecule has 0 amide bonds. The van der Waals surface area contributed by atoms with E-state index in [1.807, 2.05) is 35.7 Å². The third kappa shape index (κ3) is 4.05. The van der Waals surface area contributed by atoms with Gasteiger partial charge in [0, 0.05) is 25.4 Å². The van der Waals surface area contributed by atoms with Crippen LogP contribution in [0.3, 0.4) is 0 Å². The van der Waals surface area contributed by atoms with Gasteiger partial charge in [0.1, 0.15) is 0 Å². The van der Waals surface area contributed by atoms with Crippen LogP contribution in [0.15, 0.2) is 35.7 Å². The first kappa shape index (κ1) is 15.0. The lowest BCUT2D eigenvalue weighted by atomic mass is 10.1. The van der Waals surface area contributed by atoms with Gasteiger partial charge in [-0.05, 0) is 11.5 Å². The van der Waals surface area contributed by atoms with E-state index in [0.717, 1.165) is 22.9 Å². The van der Waals surface area contributed by atoms with Crippen molar-refractivity contribution in [2.75, 3.05) is 18.5 Å². The first-order chi connectivity index (χ1) is 9.56. The molecule has 0 saturated carbocycles. The zero-order valence-corrected chi connectivity index (χ0v) is 13.1. The number of aromatic nitrogens is 1. The van der Waals surface area contributed by atoms with E-state index in [9.17, 15) is 5.11 Å². The first-order valence-corrected chi connectivity index (χ1v) is 7.82. The molecule has 2 aromatic rings. The van der Waals surface area contributed by atoms with Gasteiger partial charge in [0.15, 0.2) is 5.13 Å². The molecular weight excluding hydrogens is 268 g/mol. The molecule has 1 atom stereocenters. The van der Waals surface area contributed by atoms with Crippen LogP contribution < -0.4 is 4.90 Å². The van der Waals surface area contributed by atoms with Crippen molar-refractivity contribution in [1.82, 2.24) is 4.98 Å². The average molecular weight is 290 g/mol. The van der Waals surface area contributed by atoms with E-state index < -0.39 is 6.10 Å². The van der Waals surface area contributed by atoms with E-state index in [4.69, 9.17) is 0 Å². The lowest BCUT2D eigenvalue weighted by molar-refractivity contribution is 0.177.